The van der Waals surface area contributed by atoms with Crippen molar-refractivity contribution in [3.63, 3.8) is 0 Å². The summed E-state index contributed by atoms with van der Waals surface area (Å²) in [5.41, 5.74) is 0.115. The Balaban J connectivity index is 1.95. The van der Waals surface area contributed by atoms with E-state index in [0.717, 1.165) is 19.0 Å². The number of rotatable bonds is 2. The van der Waals surface area contributed by atoms with Gasteiger partial charge in [0.15, 0.2) is 0 Å². The van der Waals surface area contributed by atoms with E-state index in [1.165, 1.54) is 12.8 Å². The van der Waals surface area contributed by atoms with Crippen molar-refractivity contribution >= 4 is 5.97 Å². The first-order chi connectivity index (χ1) is 8.03. The van der Waals surface area contributed by atoms with Crippen molar-refractivity contribution in [3.05, 3.63) is 0 Å². The van der Waals surface area contributed by atoms with Gasteiger partial charge in [-0.05, 0) is 49.5 Å². The first kappa shape index (κ1) is 11.5. The summed E-state index contributed by atoms with van der Waals surface area (Å²) >= 11 is 0. The van der Waals surface area contributed by atoms with Gasteiger partial charge in [-0.3, -0.25) is 4.79 Å². The molecule has 2 bridgehead atoms. The molecule has 0 aromatic carbocycles. The molecule has 96 valence electrons. The average molecular weight is 237 g/mol. The van der Waals surface area contributed by atoms with Crippen molar-refractivity contribution in [2.45, 2.75) is 33.6 Å². The molecule has 4 fully saturated rings. The molecule has 1 aliphatic heterocycles. The Hall–Kier alpha value is -0.570. The molecule has 1 heterocycles. The number of esters is 1. The minimum atomic E-state index is -0.214. The average Bonchev–Trinajstić information content (AvgIpc) is 2.73. The Bertz CT molecular complexity index is 352. The third-order valence-corrected chi connectivity index (χ3v) is 5.85. The standard InChI is InChI=1S/C14H23NO2/c1-4-17-12(16)14-8-15-7-10(14)5-9-6-11(14)13(9,2)3/h9-11,15H,4-8H2,1-3H3. The molecule has 4 unspecified atom stereocenters. The first-order valence-corrected chi connectivity index (χ1v) is 6.91. The Morgan fingerprint density at radius 2 is 2.12 bits per heavy atom. The molecular formula is C14H23NO2. The number of ether oxygens (including phenoxy) is 1. The number of carbonyl (C=O) groups excluding carboxylic acids is 1. The molecule has 1 N–H and O–H groups in total. The van der Waals surface area contributed by atoms with E-state index >= 15 is 0 Å². The van der Waals surface area contributed by atoms with Crippen LogP contribution in [0, 0.1) is 28.6 Å². The summed E-state index contributed by atoms with van der Waals surface area (Å²) in [6.45, 7) is 8.91. The summed E-state index contributed by atoms with van der Waals surface area (Å²) in [4.78, 5) is 12.5. The van der Waals surface area contributed by atoms with Crippen LogP contribution in [0.2, 0.25) is 0 Å². The minimum absolute atomic E-state index is 0.0613. The molecule has 3 saturated carbocycles. The van der Waals surface area contributed by atoms with Crippen molar-refractivity contribution in [2.24, 2.45) is 28.6 Å². The lowest BCUT2D eigenvalue weighted by Crippen LogP contribution is -2.64. The Labute approximate surface area is 103 Å². The van der Waals surface area contributed by atoms with E-state index < -0.39 is 0 Å². The smallest absolute Gasteiger partial charge is 0.313 e. The molecule has 17 heavy (non-hydrogen) atoms. The monoisotopic (exact) mass is 237 g/mol. The second-order valence-electron chi connectivity index (χ2n) is 6.63. The Morgan fingerprint density at radius 3 is 2.76 bits per heavy atom. The molecule has 0 amide bonds. The second-order valence-corrected chi connectivity index (χ2v) is 6.63. The highest BCUT2D eigenvalue weighted by Crippen LogP contribution is 2.68. The number of carbonyl (C=O) groups is 1. The summed E-state index contributed by atoms with van der Waals surface area (Å²) in [5.74, 6) is 1.91. The van der Waals surface area contributed by atoms with Gasteiger partial charge in [-0.2, -0.15) is 0 Å². The van der Waals surface area contributed by atoms with Crippen molar-refractivity contribution < 1.29 is 9.53 Å². The fraction of sp³-hybridized carbons (Fsp3) is 0.929. The van der Waals surface area contributed by atoms with Gasteiger partial charge in [0.25, 0.3) is 0 Å². The van der Waals surface area contributed by atoms with Gasteiger partial charge in [0.1, 0.15) is 0 Å². The van der Waals surface area contributed by atoms with Gasteiger partial charge in [-0.25, -0.2) is 0 Å². The van der Waals surface area contributed by atoms with E-state index in [4.69, 9.17) is 4.74 Å². The zero-order valence-electron chi connectivity index (χ0n) is 11.1. The van der Waals surface area contributed by atoms with Gasteiger partial charge in [0.05, 0.1) is 12.0 Å². The Morgan fingerprint density at radius 1 is 1.35 bits per heavy atom. The van der Waals surface area contributed by atoms with E-state index in [1.807, 2.05) is 6.92 Å². The summed E-state index contributed by atoms with van der Waals surface area (Å²) < 4.78 is 5.40. The highest BCUT2D eigenvalue weighted by atomic mass is 16.5. The van der Waals surface area contributed by atoms with Crippen LogP contribution in [0.15, 0.2) is 0 Å². The van der Waals surface area contributed by atoms with Crippen LogP contribution in [-0.2, 0) is 9.53 Å². The highest BCUT2D eigenvalue weighted by Gasteiger charge is 2.69. The molecule has 3 nitrogen and oxygen atoms in total. The minimum Gasteiger partial charge on any atom is -0.466 e. The van der Waals surface area contributed by atoms with Crippen LogP contribution in [-0.4, -0.2) is 25.7 Å². The van der Waals surface area contributed by atoms with Crippen LogP contribution in [0.5, 0.6) is 0 Å². The lowest BCUT2D eigenvalue weighted by molar-refractivity contribution is -0.203. The molecule has 0 radical (unpaired) electrons. The molecule has 0 spiro atoms. The van der Waals surface area contributed by atoms with Crippen LogP contribution in [0.4, 0.5) is 0 Å². The quantitative estimate of drug-likeness (QED) is 0.745. The number of hydrogen-bond donors (Lipinski definition) is 1. The van der Waals surface area contributed by atoms with Crippen molar-refractivity contribution in [3.8, 4) is 0 Å². The van der Waals surface area contributed by atoms with Crippen LogP contribution in [0.25, 0.3) is 0 Å². The highest BCUT2D eigenvalue weighted by molar-refractivity contribution is 5.79. The van der Waals surface area contributed by atoms with E-state index in [9.17, 15) is 4.79 Å². The zero-order chi connectivity index (χ0) is 12.3. The molecule has 4 rings (SSSR count). The van der Waals surface area contributed by atoms with E-state index in [1.54, 1.807) is 0 Å². The van der Waals surface area contributed by atoms with E-state index in [0.29, 0.717) is 23.9 Å². The molecule has 4 atom stereocenters. The summed E-state index contributed by atoms with van der Waals surface area (Å²) in [6, 6.07) is 0. The maximum atomic E-state index is 12.5. The SMILES string of the molecule is CCOC(=O)C12CNCC1CC1CC2C1(C)C. The lowest BCUT2D eigenvalue weighted by atomic mass is 9.38. The van der Waals surface area contributed by atoms with Crippen LogP contribution in [0.3, 0.4) is 0 Å². The fourth-order valence-corrected chi connectivity index (χ4v) is 4.76. The van der Waals surface area contributed by atoms with Gasteiger partial charge in [0, 0.05) is 6.54 Å². The van der Waals surface area contributed by atoms with Gasteiger partial charge in [-0.1, -0.05) is 13.8 Å². The zero-order valence-corrected chi connectivity index (χ0v) is 11.1. The maximum absolute atomic E-state index is 12.5. The van der Waals surface area contributed by atoms with Crippen molar-refractivity contribution in [1.29, 1.82) is 0 Å². The largest absolute Gasteiger partial charge is 0.466 e. The summed E-state index contributed by atoms with van der Waals surface area (Å²) in [5, 5.41) is 3.44. The van der Waals surface area contributed by atoms with Crippen molar-refractivity contribution in [1.82, 2.24) is 5.32 Å². The molecular weight excluding hydrogens is 214 g/mol. The molecule has 0 aromatic heterocycles. The van der Waals surface area contributed by atoms with Crippen LogP contribution >= 0.6 is 0 Å². The molecule has 4 aliphatic rings. The fourth-order valence-electron chi connectivity index (χ4n) is 4.76. The third kappa shape index (κ3) is 1.24. The lowest BCUT2D eigenvalue weighted by Gasteiger charge is -2.65. The number of hydrogen-bond acceptors (Lipinski definition) is 3. The number of nitrogens with one attached hydrogen (secondary N) is 1. The predicted octanol–water partition coefficient (Wildman–Crippen LogP) is 1.82. The summed E-state index contributed by atoms with van der Waals surface area (Å²) in [7, 11) is 0. The first-order valence-electron chi connectivity index (χ1n) is 6.91. The van der Waals surface area contributed by atoms with Gasteiger partial charge >= 0.3 is 5.97 Å². The molecule has 0 aromatic rings. The summed E-state index contributed by atoms with van der Waals surface area (Å²) in [6.07, 6.45) is 2.43. The van der Waals surface area contributed by atoms with E-state index in [2.05, 4.69) is 19.2 Å². The molecule has 3 aliphatic carbocycles. The van der Waals surface area contributed by atoms with Gasteiger partial charge in [-0.15, -0.1) is 0 Å². The van der Waals surface area contributed by atoms with Crippen LogP contribution < -0.4 is 5.32 Å². The second kappa shape index (κ2) is 3.47. The van der Waals surface area contributed by atoms with E-state index in [-0.39, 0.29) is 11.4 Å². The predicted molar refractivity (Wildman–Crippen MR) is 65.4 cm³/mol. The normalized spacial score (nSPS) is 45.9. The van der Waals surface area contributed by atoms with Gasteiger partial charge < -0.3 is 10.1 Å². The van der Waals surface area contributed by atoms with Gasteiger partial charge in [0.2, 0.25) is 0 Å². The topological polar surface area (TPSA) is 38.3 Å². The maximum Gasteiger partial charge on any atom is 0.313 e. The molecule has 1 saturated heterocycles. The van der Waals surface area contributed by atoms with Crippen LogP contribution in [0.1, 0.15) is 33.6 Å². The molecule has 3 heteroatoms. The third-order valence-electron chi connectivity index (χ3n) is 5.85. The van der Waals surface area contributed by atoms with Crippen molar-refractivity contribution in [2.75, 3.05) is 19.7 Å². The Kier molecular flexibility index (Phi) is 2.35.